The van der Waals surface area contributed by atoms with Crippen molar-refractivity contribution in [2.24, 2.45) is 4.99 Å². The summed E-state index contributed by atoms with van der Waals surface area (Å²) in [4.78, 5) is 15.6. The first-order valence-corrected chi connectivity index (χ1v) is 6.60. The quantitative estimate of drug-likeness (QED) is 0.495. The molecule has 3 nitrogen and oxygen atoms in total. The molecule has 4 heteroatoms. The predicted octanol–water partition coefficient (Wildman–Crippen LogP) is 3.41. The maximum Gasteiger partial charge on any atom is 0.222 e. The van der Waals surface area contributed by atoms with Crippen LogP contribution in [0.3, 0.4) is 0 Å². The second-order valence-electron chi connectivity index (χ2n) is 4.10. The van der Waals surface area contributed by atoms with Gasteiger partial charge in [-0.2, -0.15) is 0 Å². The number of amides is 1. The van der Waals surface area contributed by atoms with E-state index in [0.717, 1.165) is 24.8 Å². The van der Waals surface area contributed by atoms with Crippen LogP contribution in [0.4, 0.5) is 0 Å². The zero-order valence-corrected chi connectivity index (χ0v) is 11.6. The minimum atomic E-state index is -0.135. The van der Waals surface area contributed by atoms with Gasteiger partial charge in [0.25, 0.3) is 0 Å². The van der Waals surface area contributed by atoms with E-state index in [2.05, 4.69) is 17.2 Å². The van der Waals surface area contributed by atoms with Crippen molar-refractivity contribution in [1.29, 1.82) is 0 Å². The van der Waals surface area contributed by atoms with Gasteiger partial charge in [0.2, 0.25) is 5.91 Å². The Morgan fingerprint density at radius 2 is 2.06 bits per heavy atom. The molecule has 0 bridgehead atoms. The molecule has 98 valence electrons. The molecule has 0 atom stereocenters. The molecule has 0 radical (unpaired) electrons. The van der Waals surface area contributed by atoms with E-state index in [1.165, 1.54) is 6.92 Å². The molecule has 0 aromatic heterocycles. The summed E-state index contributed by atoms with van der Waals surface area (Å²) < 4.78 is 0. The number of halogens is 1. The van der Waals surface area contributed by atoms with Gasteiger partial charge in [-0.05, 0) is 18.6 Å². The molecule has 0 fully saturated rings. The van der Waals surface area contributed by atoms with E-state index in [4.69, 9.17) is 11.6 Å². The molecule has 0 spiro atoms. The molecule has 1 amide bonds. The Morgan fingerprint density at radius 1 is 1.33 bits per heavy atom. The number of nitrogens with zero attached hydrogens (tertiary/aromatic N) is 1. The molecule has 0 aliphatic rings. The van der Waals surface area contributed by atoms with Crippen molar-refractivity contribution in [1.82, 2.24) is 5.32 Å². The van der Waals surface area contributed by atoms with Crippen LogP contribution in [0.5, 0.6) is 0 Å². The van der Waals surface area contributed by atoms with Crippen LogP contribution >= 0.6 is 11.6 Å². The fourth-order valence-electron chi connectivity index (χ4n) is 1.56. The van der Waals surface area contributed by atoms with Crippen LogP contribution in [0.1, 0.15) is 38.7 Å². The summed E-state index contributed by atoms with van der Waals surface area (Å²) in [6, 6.07) is 7.39. The average Bonchev–Trinajstić information content (AvgIpc) is 2.33. The summed E-state index contributed by atoms with van der Waals surface area (Å²) >= 11 is 6.11. The maximum atomic E-state index is 11.2. The topological polar surface area (TPSA) is 41.5 Å². The van der Waals surface area contributed by atoms with Crippen LogP contribution in [0.25, 0.3) is 0 Å². The monoisotopic (exact) mass is 266 g/mol. The lowest BCUT2D eigenvalue weighted by atomic mass is 10.2. The molecule has 18 heavy (non-hydrogen) atoms. The maximum absolute atomic E-state index is 11.2. The van der Waals surface area contributed by atoms with E-state index in [9.17, 15) is 4.79 Å². The van der Waals surface area contributed by atoms with Crippen molar-refractivity contribution in [3.8, 4) is 0 Å². The van der Waals surface area contributed by atoms with Crippen molar-refractivity contribution >= 4 is 23.3 Å². The smallest absolute Gasteiger partial charge is 0.222 e. The fourth-order valence-corrected chi connectivity index (χ4v) is 1.79. The van der Waals surface area contributed by atoms with Gasteiger partial charge in [-0.25, -0.2) is 0 Å². The number of carbonyl (C=O) groups is 1. The molecule has 0 saturated heterocycles. The van der Waals surface area contributed by atoms with Crippen LogP contribution in [-0.4, -0.2) is 18.3 Å². The predicted molar refractivity (Wildman–Crippen MR) is 76.2 cm³/mol. The summed E-state index contributed by atoms with van der Waals surface area (Å²) in [6.45, 7) is 4.32. The summed E-state index contributed by atoms with van der Waals surface area (Å²) in [7, 11) is 0. The largest absolute Gasteiger partial charge is 0.311 e. The lowest BCUT2D eigenvalue weighted by Gasteiger charge is -2.09. The Morgan fingerprint density at radius 3 is 2.67 bits per heavy atom. The van der Waals surface area contributed by atoms with Crippen molar-refractivity contribution in [3.63, 3.8) is 0 Å². The number of benzene rings is 1. The van der Waals surface area contributed by atoms with Crippen LogP contribution in [-0.2, 0) is 4.79 Å². The zero-order valence-electron chi connectivity index (χ0n) is 10.9. The lowest BCUT2D eigenvalue weighted by molar-refractivity contribution is -0.117. The third-order valence-electron chi connectivity index (χ3n) is 2.45. The lowest BCUT2D eigenvalue weighted by Crippen LogP contribution is -2.29. The molecule has 0 unspecified atom stereocenters. The number of aliphatic imine (C=N–C) groups is 1. The molecule has 0 aliphatic carbocycles. The summed E-state index contributed by atoms with van der Waals surface area (Å²) in [5.41, 5.74) is 0.769. The molecule has 1 N–H and O–H groups in total. The van der Waals surface area contributed by atoms with Gasteiger partial charge < -0.3 is 5.32 Å². The van der Waals surface area contributed by atoms with Gasteiger partial charge in [-0.1, -0.05) is 43.5 Å². The zero-order chi connectivity index (χ0) is 13.4. The first-order chi connectivity index (χ1) is 8.65. The molecule has 0 aliphatic heterocycles. The normalized spacial score (nSPS) is 11.4. The number of hydrogen-bond donors (Lipinski definition) is 1. The van der Waals surface area contributed by atoms with Gasteiger partial charge >= 0.3 is 0 Å². The molecule has 0 saturated carbocycles. The Balaban J connectivity index is 2.84. The number of rotatable bonds is 5. The minimum Gasteiger partial charge on any atom is -0.311 e. The van der Waals surface area contributed by atoms with E-state index in [1.54, 1.807) is 6.07 Å². The first kappa shape index (κ1) is 14.7. The molecular weight excluding hydrogens is 248 g/mol. The number of hydrogen-bond acceptors (Lipinski definition) is 2. The molecule has 1 aromatic rings. The third-order valence-corrected chi connectivity index (χ3v) is 2.78. The number of carbonyl (C=O) groups excluding carboxylic acids is 1. The van der Waals surface area contributed by atoms with Gasteiger partial charge in [0.1, 0.15) is 5.84 Å². The average molecular weight is 267 g/mol. The van der Waals surface area contributed by atoms with Crippen molar-refractivity contribution in [2.45, 2.75) is 33.1 Å². The third kappa shape index (κ3) is 4.88. The molecule has 0 heterocycles. The van der Waals surface area contributed by atoms with Gasteiger partial charge in [0.05, 0.1) is 5.02 Å². The van der Waals surface area contributed by atoms with E-state index < -0.39 is 0 Å². The van der Waals surface area contributed by atoms with E-state index in [-0.39, 0.29) is 5.91 Å². The summed E-state index contributed by atoms with van der Waals surface area (Å²) in [5, 5.41) is 3.34. The van der Waals surface area contributed by atoms with E-state index in [0.29, 0.717) is 17.4 Å². The van der Waals surface area contributed by atoms with Gasteiger partial charge in [0, 0.05) is 19.0 Å². The van der Waals surface area contributed by atoms with Crippen molar-refractivity contribution in [3.05, 3.63) is 34.9 Å². The standard InChI is InChI=1S/C14H19ClN2O/c1-3-4-7-10-16-14(17-11(2)18)12-8-5-6-9-13(12)15/h5-6,8-9H,3-4,7,10H2,1-2H3,(H,16,17,18). The Kier molecular flexibility index (Phi) is 6.44. The Bertz CT molecular complexity index is 430. The highest BCUT2D eigenvalue weighted by Gasteiger charge is 2.08. The van der Waals surface area contributed by atoms with Crippen molar-refractivity contribution < 1.29 is 4.79 Å². The van der Waals surface area contributed by atoms with Gasteiger partial charge in [-0.15, -0.1) is 0 Å². The highest BCUT2D eigenvalue weighted by Crippen LogP contribution is 2.15. The molecule has 1 rings (SSSR count). The van der Waals surface area contributed by atoms with Crippen LogP contribution in [0.15, 0.2) is 29.3 Å². The number of nitrogens with one attached hydrogen (secondary N) is 1. The van der Waals surface area contributed by atoms with E-state index >= 15 is 0 Å². The van der Waals surface area contributed by atoms with Crippen LogP contribution < -0.4 is 5.32 Å². The Hall–Kier alpha value is -1.35. The van der Waals surface area contributed by atoms with Crippen molar-refractivity contribution in [2.75, 3.05) is 6.54 Å². The van der Waals surface area contributed by atoms with Gasteiger partial charge in [0.15, 0.2) is 0 Å². The van der Waals surface area contributed by atoms with Gasteiger partial charge in [-0.3, -0.25) is 9.79 Å². The highest BCUT2D eigenvalue weighted by molar-refractivity contribution is 6.34. The summed E-state index contributed by atoms with van der Waals surface area (Å²) in [6.07, 6.45) is 3.31. The SMILES string of the molecule is CCCCCN=C(NC(C)=O)c1ccccc1Cl. The highest BCUT2D eigenvalue weighted by atomic mass is 35.5. The molecular formula is C14H19ClN2O. The van der Waals surface area contributed by atoms with E-state index in [1.807, 2.05) is 18.2 Å². The minimum absolute atomic E-state index is 0.135. The first-order valence-electron chi connectivity index (χ1n) is 6.22. The number of amidine groups is 1. The fraction of sp³-hybridized carbons (Fsp3) is 0.429. The molecule has 1 aromatic carbocycles. The Labute approximate surface area is 113 Å². The second-order valence-corrected chi connectivity index (χ2v) is 4.51. The summed E-state index contributed by atoms with van der Waals surface area (Å²) in [5.74, 6) is 0.424. The second kappa shape index (κ2) is 7.88. The number of unbranched alkanes of at least 4 members (excludes halogenated alkanes) is 2. The van der Waals surface area contributed by atoms with Crippen LogP contribution in [0.2, 0.25) is 5.02 Å². The van der Waals surface area contributed by atoms with Crippen LogP contribution in [0, 0.1) is 0 Å².